The molecule has 0 spiro atoms. The van der Waals surface area contributed by atoms with E-state index >= 15 is 0 Å². The summed E-state index contributed by atoms with van der Waals surface area (Å²) in [6.07, 6.45) is 3.92. The van der Waals surface area contributed by atoms with Crippen LogP contribution in [0.4, 0.5) is 0 Å². The Balaban J connectivity index is 2.34. The zero-order valence-electron chi connectivity index (χ0n) is 10.6. The number of aliphatic carboxylic acids is 1. The van der Waals surface area contributed by atoms with Crippen molar-refractivity contribution >= 4 is 11.9 Å². The van der Waals surface area contributed by atoms with Crippen LogP contribution in [-0.2, 0) is 9.59 Å². The maximum atomic E-state index is 11.6. The van der Waals surface area contributed by atoms with E-state index in [2.05, 4.69) is 10.6 Å². The van der Waals surface area contributed by atoms with Crippen molar-refractivity contribution in [1.29, 1.82) is 0 Å². The molecule has 0 bridgehead atoms. The summed E-state index contributed by atoms with van der Waals surface area (Å²) in [4.78, 5) is 22.7. The minimum atomic E-state index is -0.856. The predicted molar refractivity (Wildman–Crippen MR) is 64.7 cm³/mol. The summed E-state index contributed by atoms with van der Waals surface area (Å²) < 4.78 is 0. The molecule has 0 radical (unpaired) electrons. The van der Waals surface area contributed by atoms with Crippen LogP contribution < -0.4 is 10.6 Å². The van der Waals surface area contributed by atoms with Crippen LogP contribution in [0, 0.1) is 0 Å². The van der Waals surface area contributed by atoms with Gasteiger partial charge >= 0.3 is 5.97 Å². The van der Waals surface area contributed by atoms with Crippen LogP contribution in [0.5, 0.6) is 0 Å². The van der Waals surface area contributed by atoms with E-state index in [-0.39, 0.29) is 18.5 Å². The lowest BCUT2D eigenvalue weighted by Gasteiger charge is -2.38. The van der Waals surface area contributed by atoms with Crippen LogP contribution in [0.25, 0.3) is 0 Å². The van der Waals surface area contributed by atoms with E-state index in [9.17, 15) is 9.59 Å². The fourth-order valence-electron chi connectivity index (χ4n) is 2.02. The van der Waals surface area contributed by atoms with E-state index in [1.165, 1.54) is 0 Å². The molecule has 0 unspecified atom stereocenters. The van der Waals surface area contributed by atoms with Crippen molar-refractivity contribution in [2.45, 2.75) is 57.5 Å². The van der Waals surface area contributed by atoms with Crippen LogP contribution in [0.15, 0.2) is 0 Å². The summed E-state index contributed by atoms with van der Waals surface area (Å²) >= 11 is 0. The van der Waals surface area contributed by atoms with Gasteiger partial charge in [-0.3, -0.25) is 14.9 Å². The number of amides is 1. The van der Waals surface area contributed by atoms with Crippen molar-refractivity contribution in [1.82, 2.24) is 10.6 Å². The summed E-state index contributed by atoms with van der Waals surface area (Å²) in [5, 5.41) is 14.8. The molecule has 1 saturated carbocycles. The Labute approximate surface area is 102 Å². The Morgan fingerprint density at radius 3 is 2.24 bits per heavy atom. The van der Waals surface area contributed by atoms with Crippen molar-refractivity contribution in [2.75, 3.05) is 6.54 Å². The van der Waals surface area contributed by atoms with E-state index in [0.717, 1.165) is 19.3 Å². The second kappa shape index (κ2) is 6.00. The highest BCUT2D eigenvalue weighted by molar-refractivity contribution is 5.83. The number of carboxylic acid groups (broad SMARTS) is 1. The molecule has 1 rings (SSSR count). The fraction of sp³-hybridized carbons (Fsp3) is 0.833. The highest BCUT2D eigenvalue weighted by Crippen LogP contribution is 2.31. The van der Waals surface area contributed by atoms with Gasteiger partial charge in [0.15, 0.2) is 0 Å². The van der Waals surface area contributed by atoms with Gasteiger partial charge in [-0.2, -0.15) is 0 Å². The average molecular weight is 242 g/mol. The summed E-state index contributed by atoms with van der Waals surface area (Å²) in [5.74, 6) is -0.967. The summed E-state index contributed by atoms with van der Waals surface area (Å²) in [5.41, 5.74) is -0.856. The Morgan fingerprint density at radius 1 is 1.29 bits per heavy atom. The quantitative estimate of drug-likeness (QED) is 0.619. The molecule has 1 fully saturated rings. The van der Waals surface area contributed by atoms with Gasteiger partial charge in [-0.1, -0.05) is 13.8 Å². The van der Waals surface area contributed by atoms with E-state index in [1.807, 2.05) is 13.8 Å². The first-order valence-electron chi connectivity index (χ1n) is 6.32. The molecule has 0 aromatic carbocycles. The first-order valence-corrected chi connectivity index (χ1v) is 6.32. The molecule has 0 aromatic rings. The van der Waals surface area contributed by atoms with E-state index < -0.39 is 11.5 Å². The maximum Gasteiger partial charge on any atom is 0.323 e. The van der Waals surface area contributed by atoms with Gasteiger partial charge in [0.25, 0.3) is 0 Å². The Kier molecular flexibility index (Phi) is 4.93. The molecule has 3 N–H and O–H groups in total. The summed E-state index contributed by atoms with van der Waals surface area (Å²) in [7, 11) is 0. The number of carbonyl (C=O) groups excluding carboxylic acids is 1. The monoisotopic (exact) mass is 242 g/mol. The molecule has 17 heavy (non-hydrogen) atoms. The van der Waals surface area contributed by atoms with Crippen molar-refractivity contribution in [3.05, 3.63) is 0 Å². The van der Waals surface area contributed by atoms with Crippen molar-refractivity contribution in [3.63, 3.8) is 0 Å². The van der Waals surface area contributed by atoms with Gasteiger partial charge in [-0.15, -0.1) is 0 Å². The molecule has 0 saturated heterocycles. The number of carbonyl (C=O) groups is 2. The van der Waals surface area contributed by atoms with Crippen LogP contribution in [-0.4, -0.2) is 35.1 Å². The zero-order chi connectivity index (χ0) is 12.9. The van der Waals surface area contributed by atoms with Gasteiger partial charge in [0.2, 0.25) is 5.91 Å². The smallest absolute Gasteiger partial charge is 0.323 e. The first-order chi connectivity index (χ1) is 8.04. The topological polar surface area (TPSA) is 78.4 Å². The zero-order valence-corrected chi connectivity index (χ0v) is 10.6. The molecule has 1 aliphatic carbocycles. The molecular weight excluding hydrogens is 220 g/mol. The molecule has 0 heterocycles. The Hall–Kier alpha value is -1.10. The second-order valence-electron chi connectivity index (χ2n) is 4.68. The van der Waals surface area contributed by atoms with Crippen LogP contribution in [0.1, 0.15) is 46.0 Å². The lowest BCUT2D eigenvalue weighted by atomic mass is 9.77. The third kappa shape index (κ3) is 3.43. The number of hydrogen-bond donors (Lipinski definition) is 3. The third-order valence-corrected chi connectivity index (χ3v) is 3.55. The second-order valence-corrected chi connectivity index (χ2v) is 4.68. The minimum Gasteiger partial charge on any atom is -0.480 e. The van der Waals surface area contributed by atoms with Gasteiger partial charge in [0.1, 0.15) is 5.54 Å². The largest absolute Gasteiger partial charge is 0.480 e. The van der Waals surface area contributed by atoms with Gasteiger partial charge in [-0.25, -0.2) is 0 Å². The number of hydrogen-bond acceptors (Lipinski definition) is 3. The molecule has 5 heteroatoms. The number of carboxylic acids is 1. The van der Waals surface area contributed by atoms with Gasteiger partial charge in [0.05, 0.1) is 6.54 Å². The van der Waals surface area contributed by atoms with Crippen molar-refractivity contribution in [3.8, 4) is 0 Å². The number of nitrogens with one attached hydrogen (secondary N) is 2. The lowest BCUT2D eigenvalue weighted by Crippen LogP contribution is -2.59. The van der Waals surface area contributed by atoms with E-state index in [4.69, 9.17) is 5.11 Å². The van der Waals surface area contributed by atoms with Gasteiger partial charge in [-0.05, 0) is 32.1 Å². The van der Waals surface area contributed by atoms with Crippen LogP contribution in [0.2, 0.25) is 0 Å². The Bertz CT molecular complexity index is 283. The lowest BCUT2D eigenvalue weighted by molar-refractivity contribution is -0.149. The molecule has 0 atom stereocenters. The maximum absolute atomic E-state index is 11.6. The third-order valence-electron chi connectivity index (χ3n) is 3.55. The van der Waals surface area contributed by atoms with E-state index in [1.54, 1.807) is 0 Å². The van der Waals surface area contributed by atoms with Gasteiger partial charge < -0.3 is 10.4 Å². The van der Waals surface area contributed by atoms with Crippen LogP contribution in [0.3, 0.4) is 0 Å². The minimum absolute atomic E-state index is 0.0861. The Morgan fingerprint density at radius 2 is 1.88 bits per heavy atom. The predicted octanol–water partition coefficient (Wildman–Crippen LogP) is 0.888. The molecule has 5 nitrogen and oxygen atoms in total. The molecular formula is C12H22N2O3. The average Bonchev–Trinajstić information content (AvgIpc) is 2.23. The fourth-order valence-corrected chi connectivity index (χ4v) is 2.02. The standard InChI is InChI=1S/C12H22N2O3/c1-3-9(4-2)14-10(15)8-13-12(11(16)17)6-5-7-12/h9,13H,3-8H2,1-2H3,(H,14,15)(H,16,17). The summed E-state index contributed by atoms with van der Waals surface area (Å²) in [6.45, 7) is 4.13. The highest BCUT2D eigenvalue weighted by Gasteiger charge is 2.44. The highest BCUT2D eigenvalue weighted by atomic mass is 16.4. The van der Waals surface area contributed by atoms with E-state index in [0.29, 0.717) is 12.8 Å². The molecule has 0 aromatic heterocycles. The molecule has 1 aliphatic rings. The van der Waals surface area contributed by atoms with Crippen LogP contribution >= 0.6 is 0 Å². The molecule has 0 aliphatic heterocycles. The normalized spacial score (nSPS) is 17.6. The van der Waals surface area contributed by atoms with Gasteiger partial charge in [0, 0.05) is 6.04 Å². The molecule has 98 valence electrons. The molecule has 1 amide bonds. The SMILES string of the molecule is CCC(CC)NC(=O)CNC1(C(=O)O)CCC1. The summed E-state index contributed by atoms with van der Waals surface area (Å²) in [6, 6.07) is 0.187. The first kappa shape index (κ1) is 14.0. The number of rotatable bonds is 7. The van der Waals surface area contributed by atoms with Crippen molar-refractivity contribution < 1.29 is 14.7 Å². The van der Waals surface area contributed by atoms with Crippen molar-refractivity contribution in [2.24, 2.45) is 0 Å².